The van der Waals surface area contributed by atoms with Gasteiger partial charge < -0.3 is 20.1 Å². The van der Waals surface area contributed by atoms with Crippen LogP contribution in [0.15, 0.2) is 71.7 Å². The number of methoxy groups -OCH3 is 2. The third-order valence-electron chi connectivity index (χ3n) is 5.05. The first kappa shape index (κ1) is 21.8. The molecule has 0 radical (unpaired) electrons. The van der Waals surface area contributed by atoms with Gasteiger partial charge in [-0.15, -0.1) is 0 Å². The van der Waals surface area contributed by atoms with E-state index in [0.29, 0.717) is 39.3 Å². The molecule has 0 aliphatic rings. The van der Waals surface area contributed by atoms with E-state index in [0.717, 1.165) is 0 Å². The Morgan fingerprint density at radius 2 is 1.76 bits per heavy atom. The van der Waals surface area contributed by atoms with E-state index in [-0.39, 0.29) is 18.6 Å². The van der Waals surface area contributed by atoms with E-state index < -0.39 is 6.03 Å². The molecule has 0 atom stereocenters. The minimum absolute atomic E-state index is 0.112. The number of hydrogen-bond donors (Lipinski definition) is 2. The summed E-state index contributed by atoms with van der Waals surface area (Å²) in [4.78, 5) is 29.8. The summed E-state index contributed by atoms with van der Waals surface area (Å²) in [5.41, 5.74) is 1.52. The van der Waals surface area contributed by atoms with E-state index in [1.54, 1.807) is 36.5 Å². The number of amides is 2. The van der Waals surface area contributed by atoms with E-state index >= 15 is 0 Å². The number of hydrogen-bond acceptors (Lipinski definition) is 6. The molecule has 4 rings (SSSR count). The lowest BCUT2D eigenvalue weighted by Crippen LogP contribution is -2.31. The molecule has 2 aromatic carbocycles. The molecule has 0 saturated heterocycles. The first-order chi connectivity index (χ1) is 16.1. The molecule has 2 amide bonds. The maximum atomic E-state index is 12.9. The molecule has 0 spiro atoms. The number of carbonyl (C=O) groups excluding carboxylic acids is 1. The van der Waals surface area contributed by atoms with E-state index in [1.165, 1.54) is 18.9 Å². The predicted octanol–water partition coefficient (Wildman–Crippen LogP) is 3.18. The normalized spacial score (nSPS) is 10.6. The van der Waals surface area contributed by atoms with E-state index in [9.17, 15) is 9.59 Å². The van der Waals surface area contributed by atoms with Crippen molar-refractivity contribution in [1.29, 1.82) is 0 Å². The van der Waals surface area contributed by atoms with Crippen molar-refractivity contribution in [2.24, 2.45) is 0 Å². The zero-order valence-electron chi connectivity index (χ0n) is 18.2. The molecular weight excluding hydrogens is 422 g/mol. The summed E-state index contributed by atoms with van der Waals surface area (Å²) in [5, 5.41) is 11.3. The zero-order valence-corrected chi connectivity index (χ0v) is 18.2. The fourth-order valence-electron chi connectivity index (χ4n) is 3.50. The van der Waals surface area contributed by atoms with Gasteiger partial charge >= 0.3 is 6.03 Å². The Kier molecular flexibility index (Phi) is 6.49. The van der Waals surface area contributed by atoms with Gasteiger partial charge in [0.1, 0.15) is 0 Å². The Morgan fingerprint density at radius 1 is 0.970 bits per heavy atom. The quantitative estimate of drug-likeness (QED) is 0.452. The second-order valence-electron chi connectivity index (χ2n) is 7.12. The summed E-state index contributed by atoms with van der Waals surface area (Å²) in [7, 11) is 3.03. The molecule has 0 unspecified atom stereocenters. The number of nitrogens with zero attached hydrogens (tertiary/aromatic N) is 3. The number of carbonyl (C=O) groups is 1. The number of benzene rings is 2. The van der Waals surface area contributed by atoms with Crippen LogP contribution in [-0.4, -0.2) is 35.0 Å². The minimum atomic E-state index is -0.449. The van der Waals surface area contributed by atoms with Crippen LogP contribution < -0.4 is 25.7 Å². The van der Waals surface area contributed by atoms with Crippen molar-refractivity contribution in [3.63, 3.8) is 0 Å². The Balaban J connectivity index is 1.58. The summed E-state index contributed by atoms with van der Waals surface area (Å²) < 4.78 is 12.0. The van der Waals surface area contributed by atoms with Crippen LogP contribution in [0.5, 0.6) is 11.5 Å². The molecule has 168 valence electrons. The van der Waals surface area contributed by atoms with Gasteiger partial charge in [-0.05, 0) is 30.3 Å². The number of anilines is 1. The number of pyridine rings is 1. The topological polar surface area (TPSA) is 107 Å². The average molecular weight is 445 g/mol. The molecule has 0 fully saturated rings. The second-order valence-corrected chi connectivity index (χ2v) is 7.12. The monoisotopic (exact) mass is 445 g/mol. The molecule has 4 aromatic rings. The van der Waals surface area contributed by atoms with Crippen molar-refractivity contribution in [1.82, 2.24) is 20.1 Å². The number of aromatic nitrogens is 3. The molecule has 2 heterocycles. The van der Waals surface area contributed by atoms with Crippen molar-refractivity contribution in [2.45, 2.75) is 13.1 Å². The van der Waals surface area contributed by atoms with E-state index in [4.69, 9.17) is 9.47 Å². The summed E-state index contributed by atoms with van der Waals surface area (Å²) in [5.74, 6) is 0.923. The van der Waals surface area contributed by atoms with Crippen LogP contribution in [0, 0.1) is 0 Å². The van der Waals surface area contributed by atoms with Gasteiger partial charge in [-0.2, -0.15) is 5.10 Å². The van der Waals surface area contributed by atoms with Crippen molar-refractivity contribution >= 4 is 22.5 Å². The fraction of sp³-hybridized carbons (Fsp3) is 0.167. The summed E-state index contributed by atoms with van der Waals surface area (Å²) in [6, 6.07) is 17.4. The van der Waals surface area contributed by atoms with Crippen LogP contribution in [-0.2, 0) is 13.1 Å². The van der Waals surface area contributed by atoms with Crippen molar-refractivity contribution in [3.05, 3.63) is 88.6 Å². The average Bonchev–Trinajstić information content (AvgIpc) is 2.85. The highest BCUT2D eigenvalue weighted by molar-refractivity contribution is 5.92. The highest BCUT2D eigenvalue weighted by atomic mass is 16.5. The molecule has 33 heavy (non-hydrogen) atoms. The van der Waals surface area contributed by atoms with Gasteiger partial charge in [0.25, 0.3) is 5.56 Å². The lowest BCUT2D eigenvalue weighted by molar-refractivity contribution is 0.251. The Morgan fingerprint density at radius 3 is 2.48 bits per heavy atom. The number of urea groups is 1. The summed E-state index contributed by atoms with van der Waals surface area (Å²) in [6.07, 6.45) is 1.67. The lowest BCUT2D eigenvalue weighted by atomic mass is 10.1. The molecule has 0 aliphatic carbocycles. The van der Waals surface area contributed by atoms with Crippen molar-refractivity contribution in [2.75, 3.05) is 19.5 Å². The smallest absolute Gasteiger partial charge is 0.319 e. The van der Waals surface area contributed by atoms with Gasteiger partial charge in [0, 0.05) is 11.6 Å². The van der Waals surface area contributed by atoms with Crippen molar-refractivity contribution in [3.8, 4) is 11.5 Å². The van der Waals surface area contributed by atoms with E-state index in [1.807, 2.05) is 30.3 Å². The van der Waals surface area contributed by atoms with Gasteiger partial charge in [0.2, 0.25) is 0 Å². The van der Waals surface area contributed by atoms with Gasteiger partial charge in [-0.25, -0.2) is 9.48 Å². The second kappa shape index (κ2) is 9.82. The number of para-hydroxylation sites is 1. The van der Waals surface area contributed by atoms with Gasteiger partial charge in [-0.1, -0.05) is 30.3 Å². The molecule has 9 heteroatoms. The van der Waals surface area contributed by atoms with Crippen LogP contribution in [0.25, 0.3) is 10.8 Å². The molecule has 0 saturated carbocycles. The van der Waals surface area contributed by atoms with Gasteiger partial charge in [0.05, 0.1) is 49.8 Å². The zero-order chi connectivity index (χ0) is 23.2. The SMILES string of the molecule is COc1cccc(NC(=O)NCc2nn(Cc3ccccn3)c(=O)c3ccccc23)c1OC. The summed E-state index contributed by atoms with van der Waals surface area (Å²) >= 11 is 0. The standard InChI is InChI=1S/C24H23N5O4/c1-32-21-12-7-11-19(22(21)33-2)27-24(31)26-14-20-17-9-3-4-10-18(17)23(30)29(28-20)15-16-8-5-6-13-25-16/h3-13H,14-15H2,1-2H3,(H2,26,27,31). The largest absolute Gasteiger partial charge is 0.493 e. The minimum Gasteiger partial charge on any atom is -0.493 e. The maximum absolute atomic E-state index is 12.9. The fourth-order valence-corrected chi connectivity index (χ4v) is 3.50. The maximum Gasteiger partial charge on any atom is 0.319 e. The summed E-state index contributed by atoms with van der Waals surface area (Å²) in [6.45, 7) is 0.339. The molecular formula is C24H23N5O4. The predicted molar refractivity (Wildman–Crippen MR) is 125 cm³/mol. The van der Waals surface area contributed by atoms with Crippen LogP contribution in [0.1, 0.15) is 11.4 Å². The Bertz CT molecular complexity index is 1340. The first-order valence-electron chi connectivity index (χ1n) is 10.2. The highest BCUT2D eigenvalue weighted by Gasteiger charge is 2.14. The van der Waals surface area contributed by atoms with Gasteiger partial charge in [-0.3, -0.25) is 9.78 Å². The molecule has 0 aliphatic heterocycles. The van der Waals surface area contributed by atoms with Gasteiger partial charge in [0.15, 0.2) is 11.5 Å². The lowest BCUT2D eigenvalue weighted by Gasteiger charge is -2.14. The Labute approximate surface area is 190 Å². The van der Waals surface area contributed by atoms with Crippen LogP contribution in [0.2, 0.25) is 0 Å². The number of ether oxygens (including phenoxy) is 2. The Hall–Kier alpha value is -4.40. The molecule has 9 nitrogen and oxygen atoms in total. The third-order valence-corrected chi connectivity index (χ3v) is 5.05. The van der Waals surface area contributed by atoms with Crippen LogP contribution in [0.4, 0.5) is 10.5 Å². The van der Waals surface area contributed by atoms with E-state index in [2.05, 4.69) is 20.7 Å². The first-order valence-corrected chi connectivity index (χ1v) is 10.2. The molecule has 2 N–H and O–H groups in total. The molecule has 2 aromatic heterocycles. The molecule has 0 bridgehead atoms. The number of nitrogens with one attached hydrogen (secondary N) is 2. The third kappa shape index (κ3) is 4.77. The number of fused-ring (bicyclic) bond motifs is 1. The van der Waals surface area contributed by atoms with Crippen LogP contribution in [0.3, 0.4) is 0 Å². The van der Waals surface area contributed by atoms with Crippen molar-refractivity contribution < 1.29 is 14.3 Å². The highest BCUT2D eigenvalue weighted by Crippen LogP contribution is 2.34. The number of rotatable bonds is 7. The van der Waals surface area contributed by atoms with Crippen LogP contribution >= 0.6 is 0 Å².